The van der Waals surface area contributed by atoms with Crippen molar-refractivity contribution in [1.82, 2.24) is 0 Å². The highest BCUT2D eigenvalue weighted by molar-refractivity contribution is 5.97. The van der Waals surface area contributed by atoms with Crippen LogP contribution in [-0.2, 0) is 28.4 Å². The number of carbonyl (C=O) groups is 2. The van der Waals surface area contributed by atoms with Crippen molar-refractivity contribution >= 4 is 24.1 Å². The van der Waals surface area contributed by atoms with E-state index in [2.05, 4.69) is 6.92 Å². The summed E-state index contributed by atoms with van der Waals surface area (Å²) in [6, 6.07) is 7.54. The fourth-order valence-electron chi connectivity index (χ4n) is 8.23. The molecule has 4 aliphatic heterocycles. The second-order valence-corrected chi connectivity index (χ2v) is 18.8. The lowest BCUT2D eigenvalue weighted by molar-refractivity contribution is -0.152. The predicted octanol–water partition coefficient (Wildman–Crippen LogP) is 8.97. The molecule has 0 aliphatic carbocycles. The topological polar surface area (TPSA) is 174 Å². The van der Waals surface area contributed by atoms with E-state index < -0.39 is 48.1 Å². The molecule has 13 nitrogen and oxygen atoms in total. The number of esters is 2. The van der Waals surface area contributed by atoms with Crippen LogP contribution in [0.25, 0.3) is 12.2 Å². The van der Waals surface area contributed by atoms with Gasteiger partial charge in [-0.3, -0.25) is 0 Å². The van der Waals surface area contributed by atoms with Crippen LogP contribution in [0.1, 0.15) is 137 Å². The summed E-state index contributed by atoms with van der Waals surface area (Å²) in [5.74, 6) is -1.30. The second-order valence-electron chi connectivity index (χ2n) is 18.8. The standard InChI is InChI=1S/C27H38O6.C26H37NO6/c1-7-8-16-30-22-15-13-18(3)24-20(22)10-9-11-23-25(33-27(5,6)32-23)21(28)14-12-17(2)19(4)31-26(24)29;1-16-10-12-20(28)24-22(32-26(4,5)33-24)9-6-8-19-21(30-15-7-14-27)13-11-17(2)23(19)25(29)31-18(16)3/h9-10,12-15,17,19,21,23,25,28H,7-8,11,16H2,1-6H3;6,8,10-13,16,18,20,22,24,28H,7,9,14-15,27H2,1-5H3/b10-9+,14-12-;8-6?,12-10-/t17-,19+,21?,23+,25-;16-,18+,20?,22+,24-/m11/s1. The van der Waals surface area contributed by atoms with Crippen molar-refractivity contribution in [2.75, 3.05) is 19.8 Å². The Balaban J connectivity index is 0.000000247. The van der Waals surface area contributed by atoms with Crippen molar-refractivity contribution in [3.8, 4) is 11.5 Å². The molecular weight excluding hydrogens is 843 g/mol. The van der Waals surface area contributed by atoms with Crippen LogP contribution in [0.3, 0.4) is 0 Å². The van der Waals surface area contributed by atoms with Gasteiger partial charge in [0, 0.05) is 23.0 Å². The van der Waals surface area contributed by atoms with Gasteiger partial charge < -0.3 is 53.8 Å². The predicted molar refractivity (Wildman–Crippen MR) is 255 cm³/mol. The Bertz CT molecular complexity index is 1930. The number of hydrogen-bond donors (Lipinski definition) is 3. The lowest BCUT2D eigenvalue weighted by Gasteiger charge is -2.23. The van der Waals surface area contributed by atoms with E-state index in [1.165, 1.54) is 0 Å². The molecule has 66 heavy (non-hydrogen) atoms. The maximum atomic E-state index is 13.2. The molecule has 2 aromatic carbocycles. The highest BCUT2D eigenvalue weighted by Crippen LogP contribution is 2.36. The lowest BCUT2D eigenvalue weighted by atomic mass is 9.97. The van der Waals surface area contributed by atoms with E-state index in [1.807, 2.05) is 130 Å². The quantitative estimate of drug-likeness (QED) is 0.130. The molecule has 0 aromatic heterocycles. The van der Waals surface area contributed by atoms with E-state index in [1.54, 1.807) is 12.2 Å². The van der Waals surface area contributed by atoms with Gasteiger partial charge in [-0.15, -0.1) is 0 Å². The third kappa shape index (κ3) is 13.9. The number of cyclic esters (lactones) is 2. The van der Waals surface area contributed by atoms with Gasteiger partial charge in [0.15, 0.2) is 11.6 Å². The monoisotopic (exact) mass is 918 g/mol. The molecule has 13 heteroatoms. The van der Waals surface area contributed by atoms with Gasteiger partial charge in [0.2, 0.25) is 0 Å². The van der Waals surface area contributed by atoms with Crippen LogP contribution in [0, 0.1) is 25.7 Å². The molecule has 6 rings (SSSR count). The number of rotatable bonds is 8. The summed E-state index contributed by atoms with van der Waals surface area (Å²) in [5.41, 5.74) is 9.62. The van der Waals surface area contributed by atoms with Crippen molar-refractivity contribution in [3.63, 3.8) is 0 Å². The zero-order valence-corrected chi connectivity index (χ0v) is 40.9. The molecule has 0 radical (unpaired) electrons. The average Bonchev–Trinajstić information content (AvgIpc) is 3.75. The van der Waals surface area contributed by atoms with E-state index in [4.69, 9.17) is 43.6 Å². The van der Waals surface area contributed by atoms with E-state index in [-0.39, 0.29) is 36.1 Å². The van der Waals surface area contributed by atoms with Crippen LogP contribution in [0.4, 0.5) is 0 Å². The summed E-state index contributed by atoms with van der Waals surface area (Å²) >= 11 is 0. The largest absolute Gasteiger partial charge is 0.493 e. The summed E-state index contributed by atoms with van der Waals surface area (Å²) in [7, 11) is 0. The maximum absolute atomic E-state index is 13.2. The first kappa shape index (κ1) is 52.6. The molecule has 0 amide bonds. The molecule has 2 aromatic rings. The zero-order chi connectivity index (χ0) is 48.3. The third-order valence-corrected chi connectivity index (χ3v) is 12.3. The van der Waals surface area contributed by atoms with Crippen LogP contribution in [0.5, 0.6) is 11.5 Å². The summed E-state index contributed by atoms with van der Waals surface area (Å²) < 4.78 is 47.8. The summed E-state index contributed by atoms with van der Waals surface area (Å²) in [6.45, 7) is 22.4. The van der Waals surface area contributed by atoms with Crippen molar-refractivity contribution in [3.05, 3.63) is 94.1 Å². The first-order valence-corrected chi connectivity index (χ1v) is 23.7. The fraction of sp³-hybridized carbons (Fsp3) is 0.585. The Morgan fingerprint density at radius 1 is 0.636 bits per heavy atom. The van der Waals surface area contributed by atoms with Gasteiger partial charge in [0.1, 0.15) is 48.1 Å². The molecule has 2 unspecified atom stereocenters. The van der Waals surface area contributed by atoms with Crippen LogP contribution in [-0.4, -0.2) is 102 Å². The smallest absolute Gasteiger partial charge is 0.339 e. The van der Waals surface area contributed by atoms with Gasteiger partial charge in [-0.1, -0.05) is 87.9 Å². The molecule has 0 spiro atoms. The molecule has 10 atom stereocenters. The summed E-state index contributed by atoms with van der Waals surface area (Å²) in [6.07, 6.45) is 14.4. The number of unbranched alkanes of at least 4 members (excludes halogenated alkanes) is 1. The Morgan fingerprint density at radius 2 is 1.05 bits per heavy atom. The Hall–Kier alpha value is -4.34. The molecule has 2 fully saturated rings. The number of hydrogen-bond acceptors (Lipinski definition) is 13. The van der Waals surface area contributed by atoms with Crippen molar-refractivity contribution in [1.29, 1.82) is 0 Å². The molecule has 0 bridgehead atoms. The minimum Gasteiger partial charge on any atom is -0.493 e. The highest BCUT2D eigenvalue weighted by atomic mass is 16.8. The number of fused-ring (bicyclic) bond motifs is 4. The lowest BCUT2D eigenvalue weighted by Crippen LogP contribution is -2.34. The number of aryl methyl sites for hydroxylation is 2. The van der Waals surface area contributed by atoms with Gasteiger partial charge in [0.05, 0.1) is 36.5 Å². The Labute approximate surface area is 392 Å². The van der Waals surface area contributed by atoms with E-state index >= 15 is 0 Å². The number of aliphatic hydroxyl groups excluding tert-OH is 2. The molecule has 4 aliphatic rings. The van der Waals surface area contributed by atoms with Crippen LogP contribution in [0.15, 0.2) is 60.7 Å². The highest BCUT2D eigenvalue weighted by Gasteiger charge is 2.45. The first-order valence-electron chi connectivity index (χ1n) is 23.7. The fourth-order valence-corrected chi connectivity index (χ4v) is 8.23. The molecule has 0 saturated carbocycles. The minimum atomic E-state index is -0.844. The third-order valence-electron chi connectivity index (χ3n) is 12.3. The van der Waals surface area contributed by atoms with E-state index in [0.717, 1.165) is 24.0 Å². The van der Waals surface area contributed by atoms with Crippen molar-refractivity contribution in [2.45, 2.75) is 169 Å². The number of carbonyl (C=O) groups excluding carboxylic acids is 2. The second kappa shape index (κ2) is 23.6. The molecule has 4 heterocycles. The van der Waals surface area contributed by atoms with Gasteiger partial charge in [-0.25, -0.2) is 9.59 Å². The number of ether oxygens (including phenoxy) is 8. The first-order chi connectivity index (χ1) is 31.3. The average molecular weight is 918 g/mol. The summed E-state index contributed by atoms with van der Waals surface area (Å²) in [4.78, 5) is 26.5. The maximum Gasteiger partial charge on any atom is 0.339 e. The number of nitrogens with two attached hydrogens (primary N) is 1. The van der Waals surface area contributed by atoms with Crippen LogP contribution >= 0.6 is 0 Å². The normalized spacial score (nSPS) is 31.1. The minimum absolute atomic E-state index is 0.0939. The SMILES string of the molecule is CCCCOc1ccc(C)c2c1/C=C/C[C@@H]1OC(C)(C)O[C@@H]1C(O)/C=C\[C@@H](C)[C@H](C)OC2=O.Cc1ccc(OCCCN)c2c1C(=O)O[C@@H](C)[C@H](C)/C=C\C(O)[C@H]1OC(C)(C)O[C@H]1CC=C2. The van der Waals surface area contributed by atoms with Gasteiger partial charge in [-0.05, 0) is 111 Å². The molecule has 4 N–H and O–H groups in total. The number of aliphatic hydroxyl groups is 2. The van der Waals surface area contributed by atoms with E-state index in [0.29, 0.717) is 72.8 Å². The van der Waals surface area contributed by atoms with E-state index in [9.17, 15) is 19.8 Å². The van der Waals surface area contributed by atoms with Crippen molar-refractivity contribution < 1.29 is 57.7 Å². The van der Waals surface area contributed by atoms with Gasteiger partial charge in [0.25, 0.3) is 0 Å². The van der Waals surface area contributed by atoms with Crippen molar-refractivity contribution in [2.24, 2.45) is 17.6 Å². The number of benzene rings is 2. The molecule has 364 valence electrons. The van der Waals surface area contributed by atoms with Gasteiger partial charge in [-0.2, -0.15) is 0 Å². The zero-order valence-electron chi connectivity index (χ0n) is 40.9. The van der Waals surface area contributed by atoms with Gasteiger partial charge >= 0.3 is 11.9 Å². The summed E-state index contributed by atoms with van der Waals surface area (Å²) in [5, 5.41) is 21.6. The van der Waals surface area contributed by atoms with Crippen LogP contribution < -0.4 is 15.2 Å². The molecular formula is C53H75NO12. The molecule has 2 saturated heterocycles. The van der Waals surface area contributed by atoms with Crippen LogP contribution in [0.2, 0.25) is 0 Å². The Morgan fingerprint density at radius 3 is 1.44 bits per heavy atom. The Kier molecular flexibility index (Phi) is 18.8.